The van der Waals surface area contributed by atoms with Crippen molar-refractivity contribution >= 4 is 5.96 Å². The summed E-state index contributed by atoms with van der Waals surface area (Å²) in [5.74, 6) is 1.99. The van der Waals surface area contributed by atoms with Crippen molar-refractivity contribution in [2.45, 2.75) is 26.2 Å². The van der Waals surface area contributed by atoms with E-state index in [1.54, 1.807) is 0 Å². The van der Waals surface area contributed by atoms with Crippen molar-refractivity contribution in [3.05, 3.63) is 0 Å². The van der Waals surface area contributed by atoms with Crippen LogP contribution in [0.25, 0.3) is 0 Å². The minimum Gasteiger partial charge on any atom is -0.356 e. The lowest BCUT2D eigenvalue weighted by molar-refractivity contribution is 0.268. The van der Waals surface area contributed by atoms with E-state index in [1.165, 1.54) is 32.4 Å². The highest BCUT2D eigenvalue weighted by molar-refractivity contribution is 5.81. The lowest BCUT2D eigenvalue weighted by Crippen LogP contribution is -2.53. The second-order valence-corrected chi connectivity index (χ2v) is 4.04. The van der Waals surface area contributed by atoms with Gasteiger partial charge in [-0.25, -0.2) is 0 Å². The number of nitrogens with one attached hydrogen (secondary N) is 1. The number of guanidine groups is 1. The van der Waals surface area contributed by atoms with Gasteiger partial charge in [-0.2, -0.15) is 0 Å². The minimum absolute atomic E-state index is 0.835. The molecule has 2 aliphatic heterocycles. The van der Waals surface area contributed by atoms with Crippen molar-refractivity contribution in [1.29, 1.82) is 0 Å². The van der Waals surface area contributed by atoms with Crippen molar-refractivity contribution in [1.82, 2.24) is 10.2 Å². The summed E-state index contributed by atoms with van der Waals surface area (Å²) >= 11 is 0. The van der Waals surface area contributed by atoms with Gasteiger partial charge in [0.05, 0.1) is 0 Å². The van der Waals surface area contributed by atoms with Crippen molar-refractivity contribution in [3.63, 3.8) is 0 Å². The molecule has 0 aliphatic carbocycles. The molecule has 1 saturated heterocycles. The first-order chi connectivity index (χ1) is 6.40. The van der Waals surface area contributed by atoms with Crippen LogP contribution in [0, 0.1) is 5.92 Å². The lowest BCUT2D eigenvalue weighted by atomic mass is 10.0. The van der Waals surface area contributed by atoms with E-state index in [-0.39, 0.29) is 0 Å². The van der Waals surface area contributed by atoms with Crippen LogP contribution in [0.5, 0.6) is 0 Å². The summed E-state index contributed by atoms with van der Waals surface area (Å²) in [5.41, 5.74) is 0. The van der Waals surface area contributed by atoms with E-state index >= 15 is 0 Å². The third-order valence-electron chi connectivity index (χ3n) is 2.87. The molecule has 1 unspecified atom stereocenters. The van der Waals surface area contributed by atoms with Gasteiger partial charge >= 0.3 is 0 Å². The average Bonchev–Trinajstić information content (AvgIpc) is 2.18. The topological polar surface area (TPSA) is 27.6 Å². The second kappa shape index (κ2) is 3.99. The predicted octanol–water partition coefficient (Wildman–Crippen LogP) is 1.07. The predicted molar refractivity (Wildman–Crippen MR) is 54.9 cm³/mol. The van der Waals surface area contributed by atoms with Crippen LogP contribution in [0.3, 0.4) is 0 Å². The van der Waals surface area contributed by atoms with Gasteiger partial charge in [0.15, 0.2) is 5.96 Å². The molecule has 2 heterocycles. The molecular formula is C10H19N3. The Morgan fingerprint density at radius 2 is 2.54 bits per heavy atom. The normalized spacial score (nSPS) is 27.6. The third kappa shape index (κ3) is 1.95. The highest BCUT2D eigenvalue weighted by atomic mass is 15.3. The molecule has 0 aromatic heterocycles. The maximum atomic E-state index is 4.48. The molecule has 0 aromatic carbocycles. The quantitative estimate of drug-likeness (QED) is 0.690. The zero-order valence-electron chi connectivity index (χ0n) is 8.42. The first kappa shape index (κ1) is 8.85. The van der Waals surface area contributed by atoms with Gasteiger partial charge in [0.25, 0.3) is 0 Å². The Kier molecular flexibility index (Phi) is 2.71. The van der Waals surface area contributed by atoms with Crippen molar-refractivity contribution < 1.29 is 0 Å². The summed E-state index contributed by atoms with van der Waals surface area (Å²) in [6, 6.07) is 0. The maximum Gasteiger partial charge on any atom is 0.193 e. The van der Waals surface area contributed by atoms with E-state index in [0.717, 1.165) is 25.0 Å². The van der Waals surface area contributed by atoms with E-state index in [1.807, 2.05) is 0 Å². The number of fused-ring (bicyclic) bond motifs is 1. The zero-order chi connectivity index (χ0) is 9.10. The van der Waals surface area contributed by atoms with Crippen LogP contribution in [-0.2, 0) is 0 Å². The lowest BCUT2D eigenvalue weighted by Gasteiger charge is -2.38. The monoisotopic (exact) mass is 181 g/mol. The van der Waals surface area contributed by atoms with E-state index in [2.05, 4.69) is 22.1 Å². The summed E-state index contributed by atoms with van der Waals surface area (Å²) in [4.78, 5) is 6.89. The Morgan fingerprint density at radius 3 is 3.38 bits per heavy atom. The molecule has 0 radical (unpaired) electrons. The molecule has 3 nitrogen and oxygen atoms in total. The average molecular weight is 181 g/mol. The van der Waals surface area contributed by atoms with Gasteiger partial charge < -0.3 is 10.2 Å². The first-order valence-electron chi connectivity index (χ1n) is 5.43. The zero-order valence-corrected chi connectivity index (χ0v) is 8.42. The van der Waals surface area contributed by atoms with E-state index in [0.29, 0.717) is 0 Å². The van der Waals surface area contributed by atoms with E-state index in [9.17, 15) is 0 Å². The Bertz CT molecular complexity index is 200. The Morgan fingerprint density at radius 1 is 1.62 bits per heavy atom. The Balaban J connectivity index is 1.92. The van der Waals surface area contributed by atoms with Gasteiger partial charge in [0.2, 0.25) is 0 Å². The SMILES string of the molecule is CCCC1CNC2=NCCCN2C1. The number of hydrogen-bond acceptors (Lipinski definition) is 3. The third-order valence-corrected chi connectivity index (χ3v) is 2.87. The van der Waals surface area contributed by atoms with Gasteiger partial charge in [-0.15, -0.1) is 0 Å². The fraction of sp³-hybridized carbons (Fsp3) is 0.900. The van der Waals surface area contributed by atoms with Gasteiger partial charge in [-0.1, -0.05) is 13.3 Å². The highest BCUT2D eigenvalue weighted by Crippen LogP contribution is 2.14. The van der Waals surface area contributed by atoms with Crippen LogP contribution in [0.2, 0.25) is 0 Å². The summed E-state index contributed by atoms with van der Waals surface area (Å²) < 4.78 is 0. The molecule has 3 heteroatoms. The Labute approximate surface area is 80.2 Å². The summed E-state index contributed by atoms with van der Waals surface area (Å²) in [5, 5.41) is 3.43. The summed E-state index contributed by atoms with van der Waals surface area (Å²) in [7, 11) is 0. The molecular weight excluding hydrogens is 162 g/mol. The largest absolute Gasteiger partial charge is 0.356 e. The molecule has 1 fully saturated rings. The number of hydrogen-bond donors (Lipinski definition) is 1. The van der Waals surface area contributed by atoms with E-state index < -0.39 is 0 Å². The van der Waals surface area contributed by atoms with Gasteiger partial charge in [-0.05, 0) is 18.8 Å². The fourth-order valence-electron chi connectivity index (χ4n) is 2.21. The van der Waals surface area contributed by atoms with Gasteiger partial charge in [-0.3, -0.25) is 4.99 Å². The molecule has 74 valence electrons. The van der Waals surface area contributed by atoms with Crippen LogP contribution in [0.4, 0.5) is 0 Å². The van der Waals surface area contributed by atoms with Crippen molar-refractivity contribution in [2.24, 2.45) is 10.9 Å². The molecule has 0 saturated carbocycles. The molecule has 13 heavy (non-hydrogen) atoms. The highest BCUT2D eigenvalue weighted by Gasteiger charge is 2.24. The van der Waals surface area contributed by atoms with E-state index in [4.69, 9.17) is 0 Å². The van der Waals surface area contributed by atoms with Crippen molar-refractivity contribution in [2.75, 3.05) is 26.2 Å². The maximum absolute atomic E-state index is 4.48. The molecule has 0 spiro atoms. The van der Waals surface area contributed by atoms with Crippen LogP contribution in [-0.4, -0.2) is 37.0 Å². The van der Waals surface area contributed by atoms with Crippen LogP contribution in [0.1, 0.15) is 26.2 Å². The van der Waals surface area contributed by atoms with Gasteiger partial charge in [0.1, 0.15) is 0 Å². The van der Waals surface area contributed by atoms with Crippen LogP contribution >= 0.6 is 0 Å². The van der Waals surface area contributed by atoms with Crippen molar-refractivity contribution in [3.8, 4) is 0 Å². The second-order valence-electron chi connectivity index (χ2n) is 4.04. The smallest absolute Gasteiger partial charge is 0.193 e. The first-order valence-corrected chi connectivity index (χ1v) is 5.43. The van der Waals surface area contributed by atoms with Gasteiger partial charge in [0, 0.05) is 26.2 Å². The van der Waals surface area contributed by atoms with Crippen LogP contribution in [0.15, 0.2) is 4.99 Å². The number of aliphatic imine (C=N–C) groups is 1. The molecule has 0 bridgehead atoms. The summed E-state index contributed by atoms with van der Waals surface area (Å²) in [6.07, 6.45) is 3.87. The Hall–Kier alpha value is -0.730. The standard InChI is InChI=1S/C10H19N3/c1-2-4-9-7-12-10-11-5-3-6-13(10)8-9/h9H,2-8H2,1H3,(H,11,12). The molecule has 2 aliphatic rings. The fourth-order valence-corrected chi connectivity index (χ4v) is 2.21. The summed E-state index contributed by atoms with van der Waals surface area (Å²) in [6.45, 7) is 6.83. The molecule has 1 atom stereocenters. The van der Waals surface area contributed by atoms with Crippen LogP contribution < -0.4 is 5.32 Å². The molecule has 0 aromatic rings. The molecule has 0 amide bonds. The number of nitrogens with zero attached hydrogens (tertiary/aromatic N) is 2. The molecule has 1 N–H and O–H groups in total. The minimum atomic E-state index is 0.835. The number of rotatable bonds is 2. The molecule has 2 rings (SSSR count).